The van der Waals surface area contributed by atoms with Crippen molar-refractivity contribution in [2.24, 2.45) is 0 Å². The molecule has 0 bridgehead atoms. The summed E-state index contributed by atoms with van der Waals surface area (Å²) in [7, 11) is 0. The Morgan fingerprint density at radius 3 is 2.20 bits per heavy atom. The van der Waals surface area contributed by atoms with Crippen LogP contribution < -0.4 is 16.2 Å². The van der Waals surface area contributed by atoms with E-state index in [0.717, 1.165) is 19.6 Å². The van der Waals surface area contributed by atoms with Gasteiger partial charge in [-0.2, -0.15) is 0 Å². The summed E-state index contributed by atoms with van der Waals surface area (Å²) in [6.45, 7) is 9.51. The summed E-state index contributed by atoms with van der Waals surface area (Å²) < 4.78 is 0. The molecule has 0 radical (unpaired) electrons. The molecule has 0 aliphatic rings. The molecule has 1 aromatic rings. The van der Waals surface area contributed by atoms with E-state index in [9.17, 15) is 9.59 Å². The number of anilines is 1. The van der Waals surface area contributed by atoms with E-state index in [2.05, 4.69) is 24.1 Å². The zero-order valence-corrected chi connectivity index (χ0v) is 9.59. The molecule has 0 amide bonds. The molecule has 0 fully saturated rings. The Hall–Kier alpha value is -1.16. The molecule has 0 aliphatic heterocycles. The third-order valence-corrected chi connectivity index (χ3v) is 2.77. The van der Waals surface area contributed by atoms with E-state index in [0.29, 0.717) is 17.8 Å². The van der Waals surface area contributed by atoms with Gasteiger partial charge in [0.15, 0.2) is 0 Å². The fraction of sp³-hybridized carbons (Fsp3) is 0.636. The summed E-state index contributed by atoms with van der Waals surface area (Å²) >= 11 is 0. The van der Waals surface area contributed by atoms with E-state index < -0.39 is 0 Å². The molecule has 1 aromatic carbocycles. The average molecular weight is 210 g/mol. The Bertz CT molecular complexity index is 387. The van der Waals surface area contributed by atoms with Crippen molar-refractivity contribution in [3.05, 3.63) is 26.0 Å². The highest BCUT2D eigenvalue weighted by Gasteiger charge is 2.15. The summed E-state index contributed by atoms with van der Waals surface area (Å²) in [5, 5.41) is 3.02. The maximum atomic E-state index is 11.1. The van der Waals surface area contributed by atoms with Crippen LogP contribution in [0.2, 0.25) is 0 Å². The van der Waals surface area contributed by atoms with Gasteiger partial charge in [0.05, 0.1) is 5.69 Å². The molecule has 4 nitrogen and oxygen atoms in total. The summed E-state index contributed by atoms with van der Waals surface area (Å²) in [5.41, 5.74) is 0.360. The Kier molecular flexibility index (Phi) is 4.03. The summed E-state index contributed by atoms with van der Waals surface area (Å²) in [5.74, 6) is 0. The Morgan fingerprint density at radius 2 is 1.73 bits per heavy atom. The molecule has 84 valence electrons. The van der Waals surface area contributed by atoms with Crippen molar-refractivity contribution < 1.29 is 0 Å². The first-order valence-electron chi connectivity index (χ1n) is 5.37. The Labute approximate surface area is 89.6 Å². The predicted octanol–water partition coefficient (Wildman–Crippen LogP) is 0.345. The molecule has 1 rings (SSSR count). The van der Waals surface area contributed by atoms with E-state index in [-0.39, 0.29) is 10.9 Å². The topological polar surface area (TPSA) is 49.4 Å². The van der Waals surface area contributed by atoms with Crippen LogP contribution in [0, 0.1) is 6.92 Å². The van der Waals surface area contributed by atoms with Gasteiger partial charge < -0.3 is 10.2 Å². The van der Waals surface area contributed by atoms with Gasteiger partial charge in [-0.3, -0.25) is 9.59 Å². The minimum absolute atomic E-state index is 0.347. The maximum absolute atomic E-state index is 11.1. The maximum Gasteiger partial charge on any atom is 0.249 e. The van der Waals surface area contributed by atoms with Crippen molar-refractivity contribution in [2.45, 2.75) is 20.8 Å². The molecule has 4 heteroatoms. The van der Waals surface area contributed by atoms with E-state index in [1.54, 1.807) is 6.92 Å². The second kappa shape index (κ2) is 5.07. The fourth-order valence-electron chi connectivity index (χ4n) is 1.60. The van der Waals surface area contributed by atoms with Crippen molar-refractivity contribution in [3.63, 3.8) is 0 Å². The third-order valence-electron chi connectivity index (χ3n) is 2.77. The monoisotopic (exact) mass is 210 g/mol. The highest BCUT2D eigenvalue weighted by atomic mass is 16.2. The van der Waals surface area contributed by atoms with Crippen LogP contribution in [0.3, 0.4) is 0 Å². The first-order chi connectivity index (χ1) is 7.11. The molecule has 0 spiro atoms. The molecule has 0 unspecified atom stereocenters. The van der Waals surface area contributed by atoms with Gasteiger partial charge in [0, 0.05) is 18.7 Å². The molecule has 1 N–H and O–H groups in total. The van der Waals surface area contributed by atoms with Crippen LogP contribution in [0.25, 0.3) is 0 Å². The lowest BCUT2D eigenvalue weighted by Crippen LogP contribution is -2.38. The first kappa shape index (κ1) is 11.9. The molecular formula is C11H18N2O2. The third kappa shape index (κ3) is 2.45. The van der Waals surface area contributed by atoms with Crippen molar-refractivity contribution in [2.75, 3.05) is 31.5 Å². The highest BCUT2D eigenvalue weighted by Crippen LogP contribution is 2.04. The molecule has 15 heavy (non-hydrogen) atoms. The number of nitrogens with one attached hydrogen (secondary N) is 1. The van der Waals surface area contributed by atoms with E-state index in [1.165, 1.54) is 0 Å². The van der Waals surface area contributed by atoms with Crippen LogP contribution >= 0.6 is 0 Å². The second-order valence-electron chi connectivity index (χ2n) is 3.61. The predicted molar refractivity (Wildman–Crippen MR) is 62.4 cm³/mol. The van der Waals surface area contributed by atoms with Gasteiger partial charge in [-0.05, 0) is 20.0 Å². The minimum Gasteiger partial charge on any atom is -0.380 e. The van der Waals surface area contributed by atoms with Crippen LogP contribution in [0.4, 0.5) is 5.69 Å². The molecular weight excluding hydrogens is 192 g/mol. The molecule has 0 heterocycles. The van der Waals surface area contributed by atoms with Crippen LogP contribution in [0.5, 0.6) is 0 Å². The Morgan fingerprint density at radius 1 is 1.13 bits per heavy atom. The standard InChI is InChI=1S/C11H18N2O2/c1-4-13(5-2)7-6-12-9-8(3)10(14)11(9)15/h12H,4-7H2,1-3H3. The fourth-order valence-corrected chi connectivity index (χ4v) is 1.60. The first-order valence-corrected chi connectivity index (χ1v) is 5.37. The number of nitrogens with zero attached hydrogens (tertiary/aromatic N) is 1. The quantitative estimate of drug-likeness (QED) is 0.688. The lowest BCUT2D eigenvalue weighted by molar-refractivity contribution is 0.316. The summed E-state index contributed by atoms with van der Waals surface area (Å²) in [6.07, 6.45) is 0. The van der Waals surface area contributed by atoms with E-state index in [4.69, 9.17) is 0 Å². The zero-order valence-electron chi connectivity index (χ0n) is 9.59. The molecule has 0 atom stereocenters. The van der Waals surface area contributed by atoms with Crippen molar-refractivity contribution >= 4 is 5.69 Å². The van der Waals surface area contributed by atoms with Gasteiger partial charge in [0.1, 0.15) is 0 Å². The van der Waals surface area contributed by atoms with Gasteiger partial charge in [-0.1, -0.05) is 13.8 Å². The average Bonchev–Trinajstić information content (AvgIpc) is 2.28. The molecule has 0 aliphatic carbocycles. The summed E-state index contributed by atoms with van der Waals surface area (Å²) in [6, 6.07) is 0. The second-order valence-corrected chi connectivity index (χ2v) is 3.61. The van der Waals surface area contributed by atoms with Crippen LogP contribution in [-0.4, -0.2) is 31.1 Å². The highest BCUT2D eigenvalue weighted by molar-refractivity contribution is 5.55. The Balaban J connectivity index is 2.39. The number of hydrogen-bond acceptors (Lipinski definition) is 4. The van der Waals surface area contributed by atoms with Crippen molar-refractivity contribution in [1.29, 1.82) is 0 Å². The normalized spacial score (nSPS) is 11.2. The van der Waals surface area contributed by atoms with Gasteiger partial charge in [0.2, 0.25) is 10.9 Å². The lowest BCUT2D eigenvalue weighted by Gasteiger charge is -2.19. The van der Waals surface area contributed by atoms with Crippen molar-refractivity contribution in [3.8, 4) is 0 Å². The van der Waals surface area contributed by atoms with Gasteiger partial charge in [-0.25, -0.2) is 0 Å². The van der Waals surface area contributed by atoms with Crippen LogP contribution in [-0.2, 0) is 0 Å². The number of likely N-dealkylation sites (N-methyl/N-ethyl adjacent to an activating group) is 1. The zero-order chi connectivity index (χ0) is 11.4. The number of hydrogen-bond donors (Lipinski definition) is 1. The molecule has 0 saturated carbocycles. The largest absolute Gasteiger partial charge is 0.380 e. The SMILES string of the molecule is CCN(CC)CCNc1c(C)c(=O)c1=O. The molecule has 0 aromatic heterocycles. The summed E-state index contributed by atoms with van der Waals surface area (Å²) in [4.78, 5) is 24.3. The van der Waals surface area contributed by atoms with E-state index in [1.807, 2.05) is 0 Å². The minimum atomic E-state index is -0.368. The lowest BCUT2D eigenvalue weighted by atomic mass is 10.1. The smallest absolute Gasteiger partial charge is 0.249 e. The van der Waals surface area contributed by atoms with Gasteiger partial charge in [0.25, 0.3) is 0 Å². The number of rotatable bonds is 6. The van der Waals surface area contributed by atoms with Gasteiger partial charge >= 0.3 is 0 Å². The van der Waals surface area contributed by atoms with Crippen molar-refractivity contribution in [1.82, 2.24) is 4.90 Å². The molecule has 0 saturated heterocycles. The van der Waals surface area contributed by atoms with Crippen LogP contribution in [0.1, 0.15) is 19.4 Å². The van der Waals surface area contributed by atoms with Crippen LogP contribution in [0.15, 0.2) is 9.59 Å². The van der Waals surface area contributed by atoms with Gasteiger partial charge in [-0.15, -0.1) is 0 Å². The van der Waals surface area contributed by atoms with E-state index >= 15 is 0 Å².